The molecule has 3 fully saturated rings. The van der Waals surface area contributed by atoms with Gasteiger partial charge in [-0.1, -0.05) is 0 Å². The van der Waals surface area contributed by atoms with Crippen LogP contribution in [0.4, 0.5) is 11.5 Å². The van der Waals surface area contributed by atoms with Crippen LogP contribution in [0.3, 0.4) is 0 Å². The fourth-order valence-electron chi connectivity index (χ4n) is 4.21. The van der Waals surface area contributed by atoms with Gasteiger partial charge in [0.05, 0.1) is 11.9 Å². The van der Waals surface area contributed by atoms with Crippen molar-refractivity contribution in [3.8, 4) is 0 Å². The maximum absolute atomic E-state index is 12.5. The molecule has 2 N–H and O–H groups in total. The Morgan fingerprint density at radius 1 is 1.22 bits per heavy atom. The lowest BCUT2D eigenvalue weighted by molar-refractivity contribution is -0.118. The predicted octanol–water partition coefficient (Wildman–Crippen LogP) is 2.40. The average Bonchev–Trinajstić information content (AvgIpc) is 3.30. The minimum absolute atomic E-state index is 0.158. The van der Waals surface area contributed by atoms with Gasteiger partial charge in [0.1, 0.15) is 5.82 Å². The number of amides is 1. The van der Waals surface area contributed by atoms with Crippen LogP contribution in [-0.2, 0) is 4.79 Å². The van der Waals surface area contributed by atoms with Crippen molar-refractivity contribution in [2.75, 3.05) is 36.4 Å². The van der Waals surface area contributed by atoms with Gasteiger partial charge < -0.3 is 15.5 Å². The molecule has 1 unspecified atom stereocenters. The molecule has 0 aromatic carbocycles. The van der Waals surface area contributed by atoms with Crippen LogP contribution in [0.1, 0.15) is 38.5 Å². The lowest BCUT2D eigenvalue weighted by atomic mass is 9.92. The number of carbonyl (C=O) groups excluding carboxylic acids is 1. The van der Waals surface area contributed by atoms with Crippen molar-refractivity contribution in [1.29, 1.82) is 0 Å². The number of anilines is 2. The quantitative estimate of drug-likeness (QED) is 0.899. The third-order valence-corrected chi connectivity index (χ3v) is 5.83. The van der Waals surface area contributed by atoms with Gasteiger partial charge in [0.15, 0.2) is 0 Å². The van der Waals surface area contributed by atoms with E-state index in [0.29, 0.717) is 5.82 Å². The molecule has 1 saturated carbocycles. The molecule has 1 aromatic rings. The molecule has 1 spiro atoms. The zero-order valence-corrected chi connectivity index (χ0v) is 13.7. The van der Waals surface area contributed by atoms with Crippen LogP contribution < -0.4 is 15.5 Å². The van der Waals surface area contributed by atoms with E-state index < -0.39 is 0 Å². The van der Waals surface area contributed by atoms with E-state index in [4.69, 9.17) is 0 Å². The largest absolute Gasteiger partial charge is 0.370 e. The Morgan fingerprint density at radius 3 is 2.70 bits per heavy atom. The first-order valence-electron chi connectivity index (χ1n) is 8.99. The molecule has 2 saturated heterocycles. The Morgan fingerprint density at radius 2 is 2.00 bits per heavy atom. The SMILES string of the molecule is O=C(Nc1ccc(N2CCCCC2)cn1)C1CC12CCNCC2. The molecule has 1 amide bonds. The number of nitrogens with one attached hydrogen (secondary N) is 2. The van der Waals surface area contributed by atoms with Crippen molar-refractivity contribution >= 4 is 17.4 Å². The smallest absolute Gasteiger partial charge is 0.229 e. The molecular weight excluding hydrogens is 288 g/mol. The molecule has 3 heterocycles. The number of aromatic nitrogens is 1. The summed E-state index contributed by atoms with van der Waals surface area (Å²) in [7, 11) is 0. The Kier molecular flexibility index (Phi) is 3.97. The first kappa shape index (κ1) is 14.9. The number of hydrogen-bond acceptors (Lipinski definition) is 4. The minimum Gasteiger partial charge on any atom is -0.370 e. The van der Waals surface area contributed by atoms with E-state index >= 15 is 0 Å². The van der Waals surface area contributed by atoms with Gasteiger partial charge in [-0.3, -0.25) is 4.79 Å². The highest BCUT2D eigenvalue weighted by molar-refractivity contribution is 5.94. The second-order valence-electron chi connectivity index (χ2n) is 7.31. The molecule has 1 aromatic heterocycles. The van der Waals surface area contributed by atoms with Gasteiger partial charge in [0, 0.05) is 19.0 Å². The molecule has 23 heavy (non-hydrogen) atoms. The lowest BCUT2D eigenvalue weighted by Gasteiger charge is -2.28. The Bertz CT molecular complexity index is 559. The van der Waals surface area contributed by atoms with Crippen molar-refractivity contribution in [3.05, 3.63) is 18.3 Å². The van der Waals surface area contributed by atoms with E-state index in [0.717, 1.165) is 45.4 Å². The average molecular weight is 314 g/mol. The van der Waals surface area contributed by atoms with Gasteiger partial charge in [-0.05, 0) is 69.2 Å². The van der Waals surface area contributed by atoms with Crippen molar-refractivity contribution in [3.63, 3.8) is 0 Å². The van der Waals surface area contributed by atoms with E-state index in [2.05, 4.69) is 26.6 Å². The van der Waals surface area contributed by atoms with Crippen LogP contribution in [0, 0.1) is 11.3 Å². The highest BCUT2D eigenvalue weighted by Gasteiger charge is 2.57. The molecule has 0 radical (unpaired) electrons. The Balaban J connectivity index is 1.35. The monoisotopic (exact) mass is 314 g/mol. The third-order valence-electron chi connectivity index (χ3n) is 5.83. The number of rotatable bonds is 3. The van der Waals surface area contributed by atoms with Crippen molar-refractivity contribution < 1.29 is 4.79 Å². The van der Waals surface area contributed by atoms with E-state index in [1.807, 2.05) is 12.3 Å². The molecule has 4 rings (SSSR count). The normalized spacial score (nSPS) is 26.1. The summed E-state index contributed by atoms with van der Waals surface area (Å²) in [5.41, 5.74) is 1.45. The summed E-state index contributed by atoms with van der Waals surface area (Å²) in [5, 5.41) is 6.39. The second-order valence-corrected chi connectivity index (χ2v) is 7.31. The summed E-state index contributed by atoms with van der Waals surface area (Å²) in [6, 6.07) is 4.03. The molecular formula is C18H26N4O. The van der Waals surface area contributed by atoms with Crippen LogP contribution in [0.2, 0.25) is 0 Å². The summed E-state index contributed by atoms with van der Waals surface area (Å²) >= 11 is 0. The van der Waals surface area contributed by atoms with Crippen molar-refractivity contribution in [1.82, 2.24) is 10.3 Å². The van der Waals surface area contributed by atoms with Crippen LogP contribution in [0.15, 0.2) is 18.3 Å². The van der Waals surface area contributed by atoms with Crippen molar-refractivity contribution in [2.45, 2.75) is 38.5 Å². The zero-order chi connectivity index (χ0) is 15.7. The number of pyridine rings is 1. The van der Waals surface area contributed by atoms with Crippen molar-refractivity contribution in [2.24, 2.45) is 11.3 Å². The van der Waals surface area contributed by atoms with Gasteiger partial charge in [-0.2, -0.15) is 0 Å². The van der Waals surface area contributed by atoms with Gasteiger partial charge in [0.2, 0.25) is 5.91 Å². The molecule has 1 aliphatic carbocycles. The predicted molar refractivity (Wildman–Crippen MR) is 91.6 cm³/mol. The van der Waals surface area contributed by atoms with E-state index in [-0.39, 0.29) is 17.2 Å². The molecule has 2 aliphatic heterocycles. The minimum atomic E-state index is 0.158. The molecule has 3 aliphatic rings. The maximum atomic E-state index is 12.5. The standard InChI is InChI=1S/C18H26N4O/c23-17(15-12-18(15)6-8-19-9-7-18)21-16-5-4-14(13-20-16)22-10-2-1-3-11-22/h4-5,13,15,19H,1-3,6-12H2,(H,20,21,23). The van der Waals surface area contributed by atoms with Crippen LogP contribution in [0.25, 0.3) is 0 Å². The van der Waals surface area contributed by atoms with Gasteiger partial charge in [-0.25, -0.2) is 4.98 Å². The number of piperidine rings is 2. The maximum Gasteiger partial charge on any atom is 0.229 e. The molecule has 1 atom stereocenters. The fraction of sp³-hybridized carbons (Fsp3) is 0.667. The molecule has 0 bridgehead atoms. The summed E-state index contributed by atoms with van der Waals surface area (Å²) in [4.78, 5) is 19.3. The van der Waals surface area contributed by atoms with Crippen LogP contribution in [-0.4, -0.2) is 37.1 Å². The summed E-state index contributed by atoms with van der Waals surface area (Å²) < 4.78 is 0. The van der Waals surface area contributed by atoms with E-state index in [9.17, 15) is 4.79 Å². The third kappa shape index (κ3) is 3.07. The number of nitrogens with zero attached hydrogens (tertiary/aromatic N) is 2. The van der Waals surface area contributed by atoms with E-state index in [1.54, 1.807) is 0 Å². The Labute approximate surface area is 137 Å². The topological polar surface area (TPSA) is 57.3 Å². The Hall–Kier alpha value is -1.62. The van der Waals surface area contributed by atoms with E-state index in [1.165, 1.54) is 24.9 Å². The second kappa shape index (κ2) is 6.11. The summed E-state index contributed by atoms with van der Waals surface area (Å²) in [6.45, 7) is 4.33. The van der Waals surface area contributed by atoms with Gasteiger partial charge >= 0.3 is 0 Å². The summed E-state index contributed by atoms with van der Waals surface area (Å²) in [6.07, 6.45) is 9.06. The molecule has 5 heteroatoms. The number of hydrogen-bond donors (Lipinski definition) is 2. The first-order valence-corrected chi connectivity index (χ1v) is 8.99. The first-order chi connectivity index (χ1) is 11.3. The van der Waals surface area contributed by atoms with Crippen LogP contribution >= 0.6 is 0 Å². The molecule has 5 nitrogen and oxygen atoms in total. The van der Waals surface area contributed by atoms with Crippen LogP contribution in [0.5, 0.6) is 0 Å². The lowest BCUT2D eigenvalue weighted by Crippen LogP contribution is -2.31. The highest BCUT2D eigenvalue weighted by atomic mass is 16.2. The fourth-order valence-corrected chi connectivity index (χ4v) is 4.21. The summed E-state index contributed by atoms with van der Waals surface area (Å²) in [5.74, 6) is 1.03. The van der Waals surface area contributed by atoms with Gasteiger partial charge in [-0.15, -0.1) is 0 Å². The molecule has 124 valence electrons. The zero-order valence-electron chi connectivity index (χ0n) is 13.7. The highest BCUT2D eigenvalue weighted by Crippen LogP contribution is 2.58. The van der Waals surface area contributed by atoms with Gasteiger partial charge in [0.25, 0.3) is 0 Å². The number of carbonyl (C=O) groups is 1.